The zero-order chi connectivity index (χ0) is 16.1. The molecule has 2 aromatic carbocycles. The Bertz CT molecular complexity index is 1070. The number of hydrogen-bond donors (Lipinski definition) is 0. The van der Waals surface area contributed by atoms with Gasteiger partial charge in [-0.25, -0.2) is 4.98 Å². The number of aromatic nitrogens is 5. The molecule has 4 aromatic rings. The van der Waals surface area contributed by atoms with Crippen molar-refractivity contribution in [3.63, 3.8) is 0 Å². The molecule has 0 saturated heterocycles. The Hall–Kier alpha value is -2.73. The lowest BCUT2D eigenvalue weighted by Gasteiger charge is -2.05. The van der Waals surface area contributed by atoms with Gasteiger partial charge < -0.3 is 5.21 Å². The van der Waals surface area contributed by atoms with Gasteiger partial charge in [-0.05, 0) is 58.3 Å². The number of aryl methyl sites for hydroxylation is 2. The van der Waals surface area contributed by atoms with Gasteiger partial charge in [0.05, 0.1) is 5.52 Å². The lowest BCUT2D eigenvalue weighted by molar-refractivity contribution is -0.642. The highest BCUT2D eigenvalue weighted by molar-refractivity contribution is 6.28. The number of fused-ring (bicyclic) bond motifs is 2. The van der Waals surface area contributed by atoms with Crippen molar-refractivity contribution >= 4 is 33.5 Å². The predicted molar refractivity (Wildman–Crippen MR) is 88.0 cm³/mol. The van der Waals surface area contributed by atoms with E-state index >= 15 is 0 Å². The molecule has 23 heavy (non-hydrogen) atoms. The van der Waals surface area contributed by atoms with E-state index in [-0.39, 0.29) is 5.28 Å². The van der Waals surface area contributed by atoms with E-state index in [0.29, 0.717) is 15.9 Å². The average molecular weight is 326 g/mol. The van der Waals surface area contributed by atoms with E-state index in [9.17, 15) is 5.21 Å². The number of nitrogens with zero attached hydrogens (tertiary/aromatic N) is 5. The number of benzene rings is 2. The van der Waals surface area contributed by atoms with Gasteiger partial charge in [-0.15, -0.1) is 0 Å². The lowest BCUT2D eigenvalue weighted by atomic mass is 10.0. The molecule has 0 aliphatic carbocycles. The first kappa shape index (κ1) is 13.9. The zero-order valence-corrected chi connectivity index (χ0v) is 13.2. The summed E-state index contributed by atoms with van der Waals surface area (Å²) in [5.74, 6) is 0. The van der Waals surface area contributed by atoms with Crippen LogP contribution in [0.5, 0.6) is 0 Å². The van der Waals surface area contributed by atoms with Crippen LogP contribution in [0, 0.1) is 12.1 Å². The van der Waals surface area contributed by atoms with Crippen LogP contribution in [0.2, 0.25) is 5.28 Å². The van der Waals surface area contributed by atoms with Crippen molar-refractivity contribution in [2.24, 2.45) is 7.05 Å². The minimum atomic E-state index is -0.0622. The highest BCUT2D eigenvalue weighted by atomic mass is 35.5. The van der Waals surface area contributed by atoms with Gasteiger partial charge in [-0.1, -0.05) is 6.07 Å². The monoisotopic (exact) mass is 325 g/mol. The fourth-order valence-electron chi connectivity index (χ4n) is 2.80. The van der Waals surface area contributed by atoms with Crippen molar-refractivity contribution < 1.29 is 4.85 Å². The van der Waals surface area contributed by atoms with Gasteiger partial charge in [0.1, 0.15) is 5.52 Å². The summed E-state index contributed by atoms with van der Waals surface area (Å²) in [6, 6.07) is 9.58. The fourth-order valence-corrected chi connectivity index (χ4v) is 2.96. The zero-order valence-electron chi connectivity index (χ0n) is 12.5. The second kappa shape index (κ2) is 4.89. The minimum Gasteiger partial charge on any atom is -0.594 e. The van der Waals surface area contributed by atoms with Crippen molar-refractivity contribution in [3.8, 4) is 11.1 Å². The van der Waals surface area contributed by atoms with Crippen LogP contribution in [0.25, 0.3) is 33.1 Å². The first-order valence-corrected chi connectivity index (χ1v) is 7.40. The largest absolute Gasteiger partial charge is 0.594 e. The maximum absolute atomic E-state index is 11.9. The Morgan fingerprint density at radius 3 is 2.83 bits per heavy atom. The van der Waals surface area contributed by atoms with E-state index in [1.807, 2.05) is 26.2 Å². The Kier molecular flexibility index (Phi) is 2.96. The highest BCUT2D eigenvalue weighted by Gasteiger charge is 2.12. The Morgan fingerprint density at radius 2 is 2.00 bits per heavy atom. The summed E-state index contributed by atoms with van der Waals surface area (Å²) in [4.78, 5) is 4.57. The topological polar surface area (TPSA) is 70.5 Å². The molecule has 0 bridgehead atoms. The van der Waals surface area contributed by atoms with Gasteiger partial charge in [0.2, 0.25) is 0 Å². The van der Waals surface area contributed by atoms with Crippen LogP contribution >= 0.6 is 11.6 Å². The van der Waals surface area contributed by atoms with Crippen LogP contribution in [0.1, 0.15) is 5.56 Å². The van der Waals surface area contributed by atoms with Gasteiger partial charge >= 0.3 is 0 Å². The van der Waals surface area contributed by atoms with Crippen molar-refractivity contribution in [2.75, 3.05) is 0 Å². The third-order valence-electron chi connectivity index (χ3n) is 3.81. The molecule has 6 nitrogen and oxygen atoms in total. The summed E-state index contributed by atoms with van der Waals surface area (Å²) in [5.41, 5.74) is 4.90. The summed E-state index contributed by atoms with van der Waals surface area (Å²) in [7, 11) is 1.90. The Balaban J connectivity index is 1.95. The molecule has 0 saturated carbocycles. The molecule has 0 radical (unpaired) electrons. The maximum Gasteiger partial charge on any atom is 0.290 e. The molecule has 2 heterocycles. The van der Waals surface area contributed by atoms with Gasteiger partial charge in [0, 0.05) is 29.8 Å². The van der Waals surface area contributed by atoms with Crippen LogP contribution < -0.4 is 4.85 Å². The van der Waals surface area contributed by atoms with E-state index in [4.69, 9.17) is 11.6 Å². The maximum atomic E-state index is 11.9. The third-order valence-corrected chi connectivity index (χ3v) is 3.97. The Labute approximate surface area is 136 Å². The molecule has 0 spiro atoms. The second-order valence-electron chi connectivity index (χ2n) is 5.49. The van der Waals surface area contributed by atoms with Crippen molar-refractivity contribution in [3.05, 3.63) is 52.6 Å². The van der Waals surface area contributed by atoms with E-state index in [0.717, 1.165) is 27.6 Å². The molecule has 0 aliphatic heterocycles. The molecule has 0 amide bonds. The van der Waals surface area contributed by atoms with Gasteiger partial charge in [0.25, 0.3) is 10.8 Å². The summed E-state index contributed by atoms with van der Waals surface area (Å²) in [6.45, 7) is 2.02. The quantitative estimate of drug-likeness (QED) is 0.398. The van der Waals surface area contributed by atoms with Gasteiger partial charge in [-0.3, -0.25) is 4.68 Å². The lowest BCUT2D eigenvalue weighted by Crippen LogP contribution is -2.32. The molecule has 2 aromatic heterocycles. The average Bonchev–Trinajstić information content (AvgIpc) is 2.88. The molecular formula is C16H12ClN5O. The highest BCUT2D eigenvalue weighted by Crippen LogP contribution is 2.28. The predicted octanol–water partition coefficient (Wildman–Crippen LogP) is 2.78. The molecule has 0 aliphatic rings. The first-order valence-electron chi connectivity index (χ1n) is 7.03. The summed E-state index contributed by atoms with van der Waals surface area (Å²) >= 11 is 5.72. The van der Waals surface area contributed by atoms with E-state index < -0.39 is 0 Å². The van der Waals surface area contributed by atoms with E-state index in [2.05, 4.69) is 27.3 Å². The van der Waals surface area contributed by atoms with Crippen LogP contribution in [-0.2, 0) is 7.05 Å². The van der Waals surface area contributed by atoms with Crippen molar-refractivity contribution in [2.45, 2.75) is 6.92 Å². The molecule has 0 atom stereocenters. The molecule has 0 fully saturated rings. The summed E-state index contributed by atoms with van der Waals surface area (Å²) in [6.07, 6.45) is 1.98. The number of halogens is 1. The molecule has 0 unspecified atom stereocenters. The van der Waals surface area contributed by atoms with Crippen molar-refractivity contribution in [1.82, 2.24) is 19.9 Å². The second-order valence-corrected chi connectivity index (χ2v) is 5.83. The van der Waals surface area contributed by atoms with Crippen LogP contribution in [0.3, 0.4) is 0 Å². The summed E-state index contributed by atoms with van der Waals surface area (Å²) < 4.78 is 1.79. The first-order chi connectivity index (χ1) is 11.0. The Morgan fingerprint density at radius 1 is 1.17 bits per heavy atom. The minimum absolute atomic E-state index is 0.0622. The smallest absolute Gasteiger partial charge is 0.290 e. The fraction of sp³-hybridized carbons (Fsp3) is 0.125. The van der Waals surface area contributed by atoms with Gasteiger partial charge in [0.15, 0.2) is 0 Å². The van der Waals surface area contributed by atoms with Crippen molar-refractivity contribution in [1.29, 1.82) is 0 Å². The third kappa shape index (κ3) is 2.27. The van der Waals surface area contributed by atoms with E-state index in [1.165, 1.54) is 0 Å². The van der Waals surface area contributed by atoms with Crippen LogP contribution in [-0.4, -0.2) is 19.9 Å². The molecule has 114 valence electrons. The SMILES string of the molecule is Cc1cc(-c2ccc3nc(Cl)n[n+]([O-])c3c2)cc2cn(C)nc12. The normalized spacial score (nSPS) is 11.4. The standard InChI is InChI=1S/C16H12ClN5O/c1-9-5-11(6-12-8-21(2)19-15(9)12)10-3-4-13-14(7-10)22(23)20-16(17)18-13/h3-8H,1-2H3. The summed E-state index contributed by atoms with van der Waals surface area (Å²) in [5, 5.41) is 21.0. The van der Waals surface area contributed by atoms with Crippen LogP contribution in [0.15, 0.2) is 36.5 Å². The number of rotatable bonds is 1. The molecule has 7 heteroatoms. The van der Waals surface area contributed by atoms with Crippen LogP contribution in [0.4, 0.5) is 0 Å². The van der Waals surface area contributed by atoms with E-state index in [1.54, 1.807) is 16.8 Å². The van der Waals surface area contributed by atoms with Gasteiger partial charge in [-0.2, -0.15) is 5.10 Å². The molecule has 0 N–H and O–H groups in total. The molecular weight excluding hydrogens is 314 g/mol. The number of hydrogen-bond acceptors (Lipinski definition) is 4. The molecule has 4 rings (SSSR count).